The van der Waals surface area contributed by atoms with Crippen molar-refractivity contribution in [2.24, 2.45) is 10.2 Å². The van der Waals surface area contributed by atoms with E-state index in [1.165, 1.54) is 0 Å². The summed E-state index contributed by atoms with van der Waals surface area (Å²) in [6.07, 6.45) is 3.17. The fraction of sp³-hybridized carbons (Fsp3) is 0. The zero-order valence-corrected chi connectivity index (χ0v) is 8.41. The molecule has 16 heavy (non-hydrogen) atoms. The summed E-state index contributed by atoms with van der Waals surface area (Å²) in [6.45, 7) is 0. The van der Waals surface area contributed by atoms with Crippen LogP contribution in [0.1, 0.15) is 0 Å². The Kier molecular flexibility index (Phi) is 2.73. The van der Waals surface area contributed by atoms with Gasteiger partial charge in [0, 0.05) is 12.4 Å². The molecule has 1 aromatic carbocycles. The van der Waals surface area contributed by atoms with Gasteiger partial charge in [0.15, 0.2) is 0 Å². The number of rotatable bonds is 2. The van der Waals surface area contributed by atoms with Crippen LogP contribution in [0.3, 0.4) is 0 Å². The first-order chi connectivity index (χ1) is 7.77. The van der Waals surface area contributed by atoms with Crippen LogP contribution < -0.4 is 11.5 Å². The Morgan fingerprint density at radius 2 is 1.69 bits per heavy atom. The smallest absolute Gasteiger partial charge is 0.268 e. The van der Waals surface area contributed by atoms with Gasteiger partial charge in [-0.25, -0.2) is 9.97 Å². The van der Waals surface area contributed by atoms with Crippen LogP contribution in [0.2, 0.25) is 0 Å². The predicted octanol–water partition coefficient (Wildman–Crippen LogP) is 2.06. The van der Waals surface area contributed by atoms with Gasteiger partial charge in [0.2, 0.25) is 0 Å². The Morgan fingerprint density at radius 3 is 2.44 bits per heavy atom. The normalized spacial score (nSPS) is 10.8. The fourth-order valence-electron chi connectivity index (χ4n) is 1.10. The van der Waals surface area contributed by atoms with Gasteiger partial charge >= 0.3 is 0 Å². The summed E-state index contributed by atoms with van der Waals surface area (Å²) < 4.78 is 0. The molecule has 0 bridgehead atoms. The third-order valence-corrected chi connectivity index (χ3v) is 1.92. The van der Waals surface area contributed by atoms with Gasteiger partial charge in [0.1, 0.15) is 5.69 Å². The van der Waals surface area contributed by atoms with Gasteiger partial charge in [-0.2, -0.15) is 0 Å². The molecule has 0 atom stereocenters. The SMILES string of the molecule is Nc1cccc(N=Nc2ncccn2)c1N. The minimum Gasteiger partial charge on any atom is -0.397 e. The molecule has 0 aliphatic rings. The molecular weight excluding hydrogens is 204 g/mol. The summed E-state index contributed by atoms with van der Waals surface area (Å²) in [5.74, 6) is 0.282. The highest BCUT2D eigenvalue weighted by Gasteiger charge is 2.00. The predicted molar refractivity (Wildman–Crippen MR) is 61.5 cm³/mol. The van der Waals surface area contributed by atoms with Gasteiger partial charge in [-0.15, -0.1) is 10.2 Å². The van der Waals surface area contributed by atoms with Crippen molar-refractivity contribution in [2.45, 2.75) is 0 Å². The van der Waals surface area contributed by atoms with Crippen molar-refractivity contribution < 1.29 is 0 Å². The largest absolute Gasteiger partial charge is 0.397 e. The lowest BCUT2D eigenvalue weighted by Gasteiger charge is -2.01. The molecule has 6 heteroatoms. The third-order valence-electron chi connectivity index (χ3n) is 1.92. The van der Waals surface area contributed by atoms with E-state index in [-0.39, 0.29) is 5.95 Å². The molecule has 0 saturated heterocycles. The average molecular weight is 214 g/mol. The van der Waals surface area contributed by atoms with Crippen LogP contribution in [-0.4, -0.2) is 9.97 Å². The molecule has 2 aromatic rings. The highest BCUT2D eigenvalue weighted by molar-refractivity contribution is 5.76. The van der Waals surface area contributed by atoms with Crippen LogP contribution >= 0.6 is 0 Å². The summed E-state index contributed by atoms with van der Waals surface area (Å²) in [5.41, 5.74) is 12.7. The van der Waals surface area contributed by atoms with Gasteiger partial charge in [-0.3, -0.25) is 0 Å². The monoisotopic (exact) mass is 214 g/mol. The molecule has 0 unspecified atom stereocenters. The maximum absolute atomic E-state index is 5.73. The molecule has 0 saturated carbocycles. The van der Waals surface area contributed by atoms with Crippen molar-refractivity contribution in [3.05, 3.63) is 36.7 Å². The molecule has 1 heterocycles. The lowest BCUT2D eigenvalue weighted by atomic mass is 10.2. The molecule has 1 aromatic heterocycles. The van der Waals surface area contributed by atoms with Crippen molar-refractivity contribution >= 4 is 23.0 Å². The molecule has 0 spiro atoms. The number of azo groups is 1. The topological polar surface area (TPSA) is 103 Å². The van der Waals surface area contributed by atoms with E-state index < -0.39 is 0 Å². The van der Waals surface area contributed by atoms with Crippen LogP contribution in [0, 0.1) is 0 Å². The Hall–Kier alpha value is -2.50. The van der Waals surface area contributed by atoms with Crippen LogP contribution in [0.15, 0.2) is 46.9 Å². The van der Waals surface area contributed by atoms with E-state index in [1.54, 1.807) is 36.7 Å². The van der Waals surface area contributed by atoms with E-state index in [0.717, 1.165) is 0 Å². The molecule has 2 rings (SSSR count). The Labute approximate surface area is 92.1 Å². The van der Waals surface area contributed by atoms with Crippen molar-refractivity contribution in [1.82, 2.24) is 9.97 Å². The van der Waals surface area contributed by atoms with Crippen molar-refractivity contribution in [3.63, 3.8) is 0 Å². The Morgan fingerprint density at radius 1 is 0.938 bits per heavy atom. The van der Waals surface area contributed by atoms with Crippen molar-refractivity contribution in [1.29, 1.82) is 0 Å². The number of hydrogen-bond acceptors (Lipinski definition) is 6. The van der Waals surface area contributed by atoms with E-state index in [2.05, 4.69) is 20.2 Å². The summed E-state index contributed by atoms with van der Waals surface area (Å²) in [7, 11) is 0. The van der Waals surface area contributed by atoms with E-state index in [1.807, 2.05) is 0 Å². The third kappa shape index (κ3) is 2.11. The zero-order valence-electron chi connectivity index (χ0n) is 8.41. The Balaban J connectivity index is 2.28. The maximum atomic E-state index is 5.73. The van der Waals surface area contributed by atoms with Gasteiger partial charge in [-0.05, 0) is 18.2 Å². The van der Waals surface area contributed by atoms with Gasteiger partial charge in [-0.1, -0.05) is 6.07 Å². The molecule has 0 aliphatic carbocycles. The number of nitrogen functional groups attached to an aromatic ring is 2. The molecule has 0 fully saturated rings. The minimum absolute atomic E-state index is 0.282. The van der Waals surface area contributed by atoms with Gasteiger partial charge in [0.05, 0.1) is 11.4 Å². The Bertz CT molecular complexity index is 508. The number of nitrogens with two attached hydrogens (primary N) is 2. The minimum atomic E-state index is 0.282. The first-order valence-corrected chi connectivity index (χ1v) is 4.60. The number of benzene rings is 1. The summed E-state index contributed by atoms with van der Waals surface area (Å²) >= 11 is 0. The van der Waals surface area contributed by atoms with Crippen LogP contribution in [-0.2, 0) is 0 Å². The number of hydrogen-bond donors (Lipinski definition) is 2. The second kappa shape index (κ2) is 4.35. The average Bonchev–Trinajstić information content (AvgIpc) is 2.32. The standard InChI is InChI=1S/C10H10N6/c11-7-3-1-4-8(9(7)12)15-16-10-13-5-2-6-14-10/h1-6H,11-12H2. The highest BCUT2D eigenvalue weighted by atomic mass is 15.2. The van der Waals surface area contributed by atoms with Crippen LogP contribution in [0.4, 0.5) is 23.0 Å². The van der Waals surface area contributed by atoms with E-state index in [0.29, 0.717) is 17.1 Å². The number of nitrogens with zero attached hydrogens (tertiary/aromatic N) is 4. The summed E-state index contributed by atoms with van der Waals surface area (Å²) in [6, 6.07) is 6.88. The molecule has 6 nitrogen and oxygen atoms in total. The van der Waals surface area contributed by atoms with E-state index in [9.17, 15) is 0 Å². The highest BCUT2D eigenvalue weighted by Crippen LogP contribution is 2.28. The first-order valence-electron chi connectivity index (χ1n) is 4.60. The van der Waals surface area contributed by atoms with Crippen molar-refractivity contribution in [3.8, 4) is 0 Å². The van der Waals surface area contributed by atoms with Crippen molar-refractivity contribution in [2.75, 3.05) is 11.5 Å². The van der Waals surface area contributed by atoms with Gasteiger partial charge < -0.3 is 11.5 Å². The molecule has 0 aliphatic heterocycles. The number of para-hydroxylation sites is 1. The van der Waals surface area contributed by atoms with Gasteiger partial charge in [0.25, 0.3) is 5.95 Å². The second-order valence-electron chi connectivity index (χ2n) is 3.03. The molecule has 80 valence electrons. The first kappa shape index (κ1) is 10.0. The molecule has 0 radical (unpaired) electrons. The number of anilines is 2. The summed E-state index contributed by atoms with van der Waals surface area (Å²) in [4.78, 5) is 7.80. The maximum Gasteiger partial charge on any atom is 0.268 e. The molecule has 4 N–H and O–H groups in total. The van der Waals surface area contributed by atoms with E-state index in [4.69, 9.17) is 11.5 Å². The van der Waals surface area contributed by atoms with Crippen LogP contribution in [0.25, 0.3) is 0 Å². The molecule has 0 amide bonds. The fourth-order valence-corrected chi connectivity index (χ4v) is 1.10. The lowest BCUT2D eigenvalue weighted by Crippen LogP contribution is -1.93. The van der Waals surface area contributed by atoms with Crippen LogP contribution in [0.5, 0.6) is 0 Å². The lowest BCUT2D eigenvalue weighted by molar-refractivity contribution is 1.07. The second-order valence-corrected chi connectivity index (χ2v) is 3.03. The molecular formula is C10H10N6. The zero-order chi connectivity index (χ0) is 11.4. The summed E-state index contributed by atoms with van der Waals surface area (Å²) in [5, 5.41) is 7.78. The number of aromatic nitrogens is 2. The quantitative estimate of drug-likeness (QED) is 0.589. The van der Waals surface area contributed by atoms with E-state index >= 15 is 0 Å².